The number of carbonyl (C=O) groups is 1. The number of nitrogens with zero attached hydrogens (tertiary/aromatic N) is 1. The van der Waals surface area contributed by atoms with Gasteiger partial charge in [-0.1, -0.05) is 18.2 Å². The Kier molecular flexibility index (Phi) is 7.17. The second-order valence-corrected chi connectivity index (χ2v) is 8.62. The number of amides is 1. The fraction of sp³-hybridized carbons (Fsp3) is 0.333. The number of hydrogen-bond donors (Lipinski definition) is 1. The van der Waals surface area contributed by atoms with E-state index in [2.05, 4.69) is 10.3 Å². The van der Waals surface area contributed by atoms with Gasteiger partial charge in [-0.25, -0.2) is 4.98 Å². The highest BCUT2D eigenvalue weighted by Gasteiger charge is 2.17. The van der Waals surface area contributed by atoms with Crippen molar-refractivity contribution in [2.45, 2.75) is 31.3 Å². The first kappa shape index (κ1) is 20.5. The Morgan fingerprint density at radius 3 is 2.79 bits per heavy atom. The van der Waals surface area contributed by atoms with Gasteiger partial charge in [0.1, 0.15) is 11.5 Å². The Morgan fingerprint density at radius 2 is 2.11 bits per heavy atom. The van der Waals surface area contributed by atoms with Crippen LogP contribution in [0.5, 0.6) is 5.75 Å². The highest BCUT2D eigenvalue weighted by molar-refractivity contribution is 7.99. The lowest BCUT2D eigenvalue weighted by molar-refractivity contribution is -0.120. The van der Waals surface area contributed by atoms with Gasteiger partial charge in [0.05, 0.1) is 22.9 Å². The summed E-state index contributed by atoms with van der Waals surface area (Å²) in [4.78, 5) is 17.9. The molecule has 1 aromatic carbocycles. The lowest BCUT2D eigenvalue weighted by atomic mass is 10.1. The predicted molar refractivity (Wildman–Crippen MR) is 115 cm³/mol. The highest BCUT2D eigenvalue weighted by Crippen LogP contribution is 2.28. The Labute approximate surface area is 173 Å². The molecule has 3 aromatic rings. The summed E-state index contributed by atoms with van der Waals surface area (Å²) in [7, 11) is 1.65. The minimum Gasteiger partial charge on any atom is -0.497 e. The van der Waals surface area contributed by atoms with E-state index < -0.39 is 0 Å². The molecule has 0 unspecified atom stereocenters. The van der Waals surface area contributed by atoms with Gasteiger partial charge in [0, 0.05) is 12.3 Å². The number of aromatic nitrogens is 1. The zero-order valence-corrected chi connectivity index (χ0v) is 17.9. The number of thioether (sulfide) groups is 1. The Balaban J connectivity index is 1.44. The van der Waals surface area contributed by atoms with Crippen LogP contribution < -0.4 is 10.1 Å². The number of hydrogen-bond acceptors (Lipinski definition) is 6. The quantitative estimate of drug-likeness (QED) is 0.548. The van der Waals surface area contributed by atoms with Crippen molar-refractivity contribution in [1.29, 1.82) is 0 Å². The van der Waals surface area contributed by atoms with Gasteiger partial charge in [-0.3, -0.25) is 4.79 Å². The molecule has 7 heteroatoms. The highest BCUT2D eigenvalue weighted by atomic mass is 32.2. The van der Waals surface area contributed by atoms with Crippen molar-refractivity contribution >= 4 is 29.0 Å². The first-order valence-electron chi connectivity index (χ1n) is 9.09. The number of aryl methyl sites for hydroxylation is 1. The molecule has 1 amide bonds. The Hall–Kier alpha value is -2.25. The average molecular weight is 417 g/mol. The summed E-state index contributed by atoms with van der Waals surface area (Å²) >= 11 is 3.17. The Morgan fingerprint density at radius 1 is 1.32 bits per heavy atom. The molecule has 2 aromatic heterocycles. The van der Waals surface area contributed by atoms with Crippen LogP contribution in [0.1, 0.15) is 23.9 Å². The van der Waals surface area contributed by atoms with Crippen LogP contribution >= 0.6 is 23.1 Å². The van der Waals surface area contributed by atoms with Gasteiger partial charge in [-0.2, -0.15) is 0 Å². The molecule has 0 saturated heterocycles. The van der Waals surface area contributed by atoms with Crippen molar-refractivity contribution in [2.75, 3.05) is 13.7 Å². The van der Waals surface area contributed by atoms with Crippen molar-refractivity contribution < 1.29 is 13.9 Å². The standard InChI is InChI=1S/C21H24N2O3S2/c1-14-18(23-21(26-14)19-5-4-12-27-19)13-28-15(2)20(24)22-11-10-16-6-8-17(25-3)9-7-16/h4-9,12,15H,10-11,13H2,1-3H3,(H,22,24)/t15-/m1/s1. The number of ether oxygens (including phenoxy) is 1. The van der Waals surface area contributed by atoms with Crippen molar-refractivity contribution in [3.05, 3.63) is 58.8 Å². The van der Waals surface area contributed by atoms with Crippen LogP contribution in [0.2, 0.25) is 0 Å². The van der Waals surface area contributed by atoms with E-state index in [0.29, 0.717) is 18.2 Å². The number of nitrogens with one attached hydrogen (secondary N) is 1. The third kappa shape index (κ3) is 5.39. The molecule has 0 aliphatic carbocycles. The van der Waals surface area contributed by atoms with E-state index >= 15 is 0 Å². The second-order valence-electron chi connectivity index (χ2n) is 6.34. The first-order valence-corrected chi connectivity index (χ1v) is 11.0. The molecule has 1 N–H and O–H groups in total. The SMILES string of the molecule is COc1ccc(CCNC(=O)[C@@H](C)SCc2nc(-c3cccs3)oc2C)cc1. The molecule has 28 heavy (non-hydrogen) atoms. The maximum atomic E-state index is 12.3. The van der Waals surface area contributed by atoms with Crippen LogP contribution in [0.3, 0.4) is 0 Å². The van der Waals surface area contributed by atoms with Crippen LogP contribution in [0, 0.1) is 6.92 Å². The van der Waals surface area contributed by atoms with E-state index in [9.17, 15) is 4.79 Å². The molecule has 1 atom stereocenters. The van der Waals surface area contributed by atoms with Gasteiger partial charge in [0.15, 0.2) is 0 Å². The van der Waals surface area contributed by atoms with Crippen molar-refractivity contribution in [3.63, 3.8) is 0 Å². The molecule has 0 saturated carbocycles. The van der Waals surface area contributed by atoms with Gasteiger partial charge in [0.2, 0.25) is 11.8 Å². The van der Waals surface area contributed by atoms with Gasteiger partial charge < -0.3 is 14.5 Å². The van der Waals surface area contributed by atoms with E-state index in [0.717, 1.165) is 28.5 Å². The molecule has 0 spiro atoms. The zero-order valence-electron chi connectivity index (χ0n) is 16.2. The average Bonchev–Trinajstić information content (AvgIpc) is 3.36. The molecule has 0 radical (unpaired) electrons. The van der Waals surface area contributed by atoms with E-state index in [1.807, 2.05) is 55.6 Å². The van der Waals surface area contributed by atoms with Crippen molar-refractivity contribution in [3.8, 4) is 16.5 Å². The Bertz CT molecular complexity index is 889. The predicted octanol–water partition coefficient (Wildman–Crippen LogP) is 4.70. The molecular weight excluding hydrogens is 392 g/mol. The molecule has 5 nitrogen and oxygen atoms in total. The normalized spacial score (nSPS) is 12.0. The molecular formula is C21H24N2O3S2. The van der Waals surface area contributed by atoms with Crippen LogP contribution in [0.4, 0.5) is 0 Å². The van der Waals surface area contributed by atoms with Crippen LogP contribution in [0.25, 0.3) is 10.8 Å². The van der Waals surface area contributed by atoms with Crippen LogP contribution in [-0.2, 0) is 17.0 Å². The van der Waals surface area contributed by atoms with Gasteiger partial charge in [0.25, 0.3) is 0 Å². The van der Waals surface area contributed by atoms with Crippen molar-refractivity contribution in [2.24, 2.45) is 0 Å². The molecule has 148 valence electrons. The monoisotopic (exact) mass is 416 g/mol. The lowest BCUT2D eigenvalue weighted by Crippen LogP contribution is -2.32. The van der Waals surface area contributed by atoms with E-state index in [4.69, 9.17) is 9.15 Å². The van der Waals surface area contributed by atoms with E-state index in [-0.39, 0.29) is 11.2 Å². The summed E-state index contributed by atoms with van der Waals surface area (Å²) in [6, 6.07) is 11.9. The summed E-state index contributed by atoms with van der Waals surface area (Å²) in [5, 5.41) is 4.85. The van der Waals surface area contributed by atoms with Crippen molar-refractivity contribution in [1.82, 2.24) is 10.3 Å². The third-order valence-electron chi connectivity index (χ3n) is 4.34. The fourth-order valence-corrected chi connectivity index (χ4v) is 4.17. The second kappa shape index (κ2) is 9.80. The fourth-order valence-electron chi connectivity index (χ4n) is 2.61. The minimum atomic E-state index is -0.155. The molecule has 0 bridgehead atoms. The molecule has 3 rings (SSSR count). The third-order valence-corrected chi connectivity index (χ3v) is 6.35. The lowest BCUT2D eigenvalue weighted by Gasteiger charge is -2.11. The van der Waals surface area contributed by atoms with E-state index in [1.54, 1.807) is 30.2 Å². The molecule has 0 aliphatic heterocycles. The smallest absolute Gasteiger partial charge is 0.236 e. The summed E-state index contributed by atoms with van der Waals surface area (Å²) in [5.74, 6) is 2.98. The molecule has 0 aliphatic rings. The summed E-state index contributed by atoms with van der Waals surface area (Å²) in [5.41, 5.74) is 2.06. The number of rotatable bonds is 9. The number of benzene rings is 1. The minimum absolute atomic E-state index is 0.0399. The summed E-state index contributed by atoms with van der Waals surface area (Å²) in [6.07, 6.45) is 0.791. The largest absolute Gasteiger partial charge is 0.497 e. The molecule has 2 heterocycles. The molecule has 0 fully saturated rings. The first-order chi connectivity index (χ1) is 13.6. The van der Waals surface area contributed by atoms with E-state index in [1.165, 1.54) is 5.56 Å². The van der Waals surface area contributed by atoms with Gasteiger partial charge in [-0.05, 0) is 49.4 Å². The number of methoxy groups -OCH3 is 1. The number of oxazole rings is 1. The van der Waals surface area contributed by atoms with Gasteiger partial charge in [-0.15, -0.1) is 23.1 Å². The zero-order chi connectivity index (χ0) is 19.9. The summed E-state index contributed by atoms with van der Waals surface area (Å²) < 4.78 is 10.9. The number of carbonyl (C=O) groups excluding carboxylic acids is 1. The summed E-state index contributed by atoms with van der Waals surface area (Å²) in [6.45, 7) is 4.45. The van der Waals surface area contributed by atoms with Crippen LogP contribution in [-0.4, -0.2) is 29.8 Å². The van der Waals surface area contributed by atoms with Crippen LogP contribution in [0.15, 0.2) is 46.2 Å². The topological polar surface area (TPSA) is 64.4 Å². The maximum absolute atomic E-state index is 12.3. The number of thiophene rings is 1. The van der Waals surface area contributed by atoms with Gasteiger partial charge >= 0.3 is 0 Å². The maximum Gasteiger partial charge on any atom is 0.236 e.